The van der Waals surface area contributed by atoms with Crippen LogP contribution in [0.1, 0.15) is 41.8 Å². The van der Waals surface area contributed by atoms with Crippen LogP contribution in [-0.2, 0) is 12.4 Å². The molecule has 0 heterocycles. The van der Waals surface area contributed by atoms with Crippen LogP contribution < -0.4 is 15.9 Å². The minimum atomic E-state index is -5.03. The van der Waals surface area contributed by atoms with Gasteiger partial charge >= 0.3 is 12.4 Å². The van der Waals surface area contributed by atoms with Gasteiger partial charge < -0.3 is 5.32 Å². The molecule has 3 aromatic rings. The van der Waals surface area contributed by atoms with Gasteiger partial charge in [-0.25, -0.2) is 0 Å². The zero-order chi connectivity index (χ0) is 26.5. The summed E-state index contributed by atoms with van der Waals surface area (Å²) in [7, 11) is -0.945. The predicted molar refractivity (Wildman–Crippen MR) is 131 cm³/mol. The molecule has 0 unspecified atom stereocenters. The molecule has 1 atom stereocenters. The Morgan fingerprint density at radius 1 is 0.778 bits per heavy atom. The van der Waals surface area contributed by atoms with Gasteiger partial charge in [0.1, 0.15) is 0 Å². The number of carbonyl (C=O) groups excluding carboxylic acids is 1. The second-order valence-corrected chi connectivity index (χ2v) is 11.1. The van der Waals surface area contributed by atoms with Gasteiger partial charge in [0.2, 0.25) is 0 Å². The van der Waals surface area contributed by atoms with Crippen molar-refractivity contribution in [2.24, 2.45) is 5.92 Å². The van der Waals surface area contributed by atoms with E-state index in [1.165, 1.54) is 0 Å². The Hall–Kier alpha value is -2.86. The molecule has 9 heteroatoms. The molecule has 0 saturated heterocycles. The summed E-state index contributed by atoms with van der Waals surface area (Å²) in [6, 6.07) is 19.8. The minimum Gasteiger partial charge on any atom is -0.349 e. The molecule has 0 spiro atoms. The normalized spacial score (nSPS) is 13.2. The molecule has 0 aliphatic carbocycles. The van der Waals surface area contributed by atoms with Crippen molar-refractivity contribution in [3.63, 3.8) is 0 Å². The lowest BCUT2D eigenvalue weighted by Gasteiger charge is -2.27. The molecule has 0 fully saturated rings. The summed E-state index contributed by atoms with van der Waals surface area (Å²) in [5.74, 6) is -0.834. The maximum atomic E-state index is 13.3. The third-order valence-corrected chi connectivity index (χ3v) is 8.13. The number of hydrogen-bond acceptors (Lipinski definition) is 1. The van der Waals surface area contributed by atoms with Crippen LogP contribution in [0.3, 0.4) is 0 Å². The van der Waals surface area contributed by atoms with E-state index < -0.39 is 48.9 Å². The number of amides is 1. The molecule has 36 heavy (non-hydrogen) atoms. The Morgan fingerprint density at radius 3 is 1.61 bits per heavy atom. The zero-order valence-corrected chi connectivity index (χ0v) is 20.6. The molecule has 0 bridgehead atoms. The SMILES string of the molecule is CC(C)C[C@@H](CP(c1ccccc1)c1ccccc1)NC(=O)c1cc(C(F)(F)F)cc(C(F)(F)F)c1. The average molecular weight is 525 g/mol. The number of rotatable bonds is 8. The van der Waals surface area contributed by atoms with Crippen molar-refractivity contribution in [2.45, 2.75) is 38.7 Å². The molecule has 0 aliphatic heterocycles. The molecule has 2 nitrogen and oxygen atoms in total. The topological polar surface area (TPSA) is 29.1 Å². The van der Waals surface area contributed by atoms with Gasteiger partial charge in [0, 0.05) is 11.6 Å². The van der Waals surface area contributed by atoms with Crippen LogP contribution in [0.2, 0.25) is 0 Å². The largest absolute Gasteiger partial charge is 0.416 e. The third-order valence-electron chi connectivity index (χ3n) is 5.48. The van der Waals surface area contributed by atoms with Gasteiger partial charge in [0.05, 0.1) is 11.1 Å². The highest BCUT2D eigenvalue weighted by molar-refractivity contribution is 7.73. The van der Waals surface area contributed by atoms with E-state index in [4.69, 9.17) is 0 Å². The van der Waals surface area contributed by atoms with Gasteiger partial charge in [-0.05, 0) is 55.2 Å². The Labute approximate surface area is 207 Å². The van der Waals surface area contributed by atoms with E-state index in [-0.39, 0.29) is 12.0 Å². The summed E-state index contributed by atoms with van der Waals surface area (Å²) < 4.78 is 79.7. The highest BCUT2D eigenvalue weighted by atomic mass is 31.1. The van der Waals surface area contributed by atoms with E-state index in [0.717, 1.165) is 10.6 Å². The Balaban J connectivity index is 1.95. The van der Waals surface area contributed by atoms with Crippen LogP contribution in [0.4, 0.5) is 26.3 Å². The smallest absolute Gasteiger partial charge is 0.349 e. The quantitative estimate of drug-likeness (QED) is 0.249. The maximum Gasteiger partial charge on any atom is 0.416 e. The second-order valence-electron chi connectivity index (χ2n) is 8.88. The number of benzene rings is 3. The molecule has 0 aliphatic rings. The first-order valence-electron chi connectivity index (χ1n) is 11.3. The lowest BCUT2D eigenvalue weighted by molar-refractivity contribution is -0.143. The first-order chi connectivity index (χ1) is 16.8. The number of hydrogen-bond donors (Lipinski definition) is 1. The van der Waals surface area contributed by atoms with E-state index in [1.54, 1.807) is 0 Å². The third kappa shape index (κ3) is 7.57. The van der Waals surface area contributed by atoms with Crippen molar-refractivity contribution in [1.82, 2.24) is 5.32 Å². The van der Waals surface area contributed by atoms with Crippen molar-refractivity contribution >= 4 is 24.4 Å². The zero-order valence-electron chi connectivity index (χ0n) is 19.7. The van der Waals surface area contributed by atoms with Crippen LogP contribution in [0.15, 0.2) is 78.9 Å². The second kappa shape index (κ2) is 11.5. The van der Waals surface area contributed by atoms with Crippen LogP contribution in [0.5, 0.6) is 0 Å². The standard InChI is InChI=1S/C27H26F6NOP/c1-18(2)13-22(17-36(23-9-5-3-6-10-23)24-11-7-4-8-12-24)34-25(35)19-14-20(26(28,29)30)16-21(15-19)27(31,32)33/h3-12,14-16,18,22H,13,17H2,1-2H3,(H,34,35)/t22-/m0/s1. The van der Waals surface area contributed by atoms with E-state index in [9.17, 15) is 31.1 Å². The molecule has 1 amide bonds. The van der Waals surface area contributed by atoms with E-state index in [0.29, 0.717) is 24.7 Å². The van der Waals surface area contributed by atoms with Crippen molar-refractivity contribution in [3.05, 3.63) is 95.6 Å². The van der Waals surface area contributed by atoms with Gasteiger partial charge in [-0.3, -0.25) is 4.79 Å². The molecule has 3 rings (SSSR count). The first-order valence-corrected chi connectivity index (χ1v) is 12.8. The lowest BCUT2D eigenvalue weighted by Crippen LogP contribution is -2.39. The van der Waals surface area contributed by atoms with Gasteiger partial charge in [0.15, 0.2) is 0 Å². The fourth-order valence-electron chi connectivity index (χ4n) is 3.90. The molecule has 192 valence electrons. The van der Waals surface area contributed by atoms with E-state index in [2.05, 4.69) is 5.32 Å². The summed E-state index contributed by atoms with van der Waals surface area (Å²) in [6.45, 7) is 3.89. The van der Waals surface area contributed by atoms with Crippen molar-refractivity contribution in [1.29, 1.82) is 0 Å². The Bertz CT molecular complexity index is 1070. The predicted octanol–water partition coefficient (Wildman–Crippen LogP) is 7.00. The monoisotopic (exact) mass is 525 g/mol. The van der Waals surface area contributed by atoms with Crippen LogP contribution in [0.25, 0.3) is 0 Å². The maximum absolute atomic E-state index is 13.3. The van der Waals surface area contributed by atoms with Gasteiger partial charge in [-0.15, -0.1) is 0 Å². The van der Waals surface area contributed by atoms with E-state index >= 15 is 0 Å². The molecule has 0 radical (unpaired) electrons. The number of halogens is 6. The molecule has 3 aromatic carbocycles. The average Bonchev–Trinajstić information content (AvgIpc) is 2.81. The number of nitrogens with one attached hydrogen (secondary N) is 1. The lowest BCUT2D eigenvalue weighted by atomic mass is 10.0. The first kappa shape index (κ1) is 27.7. The highest BCUT2D eigenvalue weighted by Gasteiger charge is 2.37. The molecular formula is C27H26F6NOP. The van der Waals surface area contributed by atoms with Crippen molar-refractivity contribution in [3.8, 4) is 0 Å². The fourth-order valence-corrected chi connectivity index (χ4v) is 6.36. The number of carbonyl (C=O) groups is 1. The Morgan fingerprint density at radius 2 is 1.22 bits per heavy atom. The van der Waals surface area contributed by atoms with Crippen LogP contribution in [0, 0.1) is 5.92 Å². The van der Waals surface area contributed by atoms with Gasteiger partial charge in [0.25, 0.3) is 5.91 Å². The highest BCUT2D eigenvalue weighted by Crippen LogP contribution is 2.37. The molecule has 0 aromatic heterocycles. The minimum absolute atomic E-state index is 0.0203. The summed E-state index contributed by atoms with van der Waals surface area (Å²) in [4.78, 5) is 13.0. The summed E-state index contributed by atoms with van der Waals surface area (Å²) in [5.41, 5.74) is -3.70. The van der Waals surface area contributed by atoms with Gasteiger partial charge in [-0.1, -0.05) is 74.5 Å². The fraction of sp³-hybridized carbons (Fsp3) is 0.296. The summed E-state index contributed by atoms with van der Waals surface area (Å²) in [5, 5.41) is 4.85. The summed E-state index contributed by atoms with van der Waals surface area (Å²) >= 11 is 0. The van der Waals surface area contributed by atoms with Crippen molar-refractivity contribution < 1.29 is 31.1 Å². The molecule has 1 N–H and O–H groups in total. The van der Waals surface area contributed by atoms with Crippen molar-refractivity contribution in [2.75, 3.05) is 6.16 Å². The van der Waals surface area contributed by atoms with E-state index in [1.807, 2.05) is 74.5 Å². The van der Waals surface area contributed by atoms with Crippen LogP contribution >= 0.6 is 7.92 Å². The molecular weight excluding hydrogens is 499 g/mol. The van der Waals surface area contributed by atoms with Gasteiger partial charge in [-0.2, -0.15) is 26.3 Å². The molecule has 0 saturated carbocycles. The summed E-state index contributed by atoms with van der Waals surface area (Å²) in [6.07, 6.45) is -9.06. The number of alkyl halides is 6. The Kier molecular flexibility index (Phi) is 8.83. The van der Waals surface area contributed by atoms with Crippen LogP contribution in [-0.4, -0.2) is 18.1 Å².